The molecule has 0 aliphatic heterocycles. The van der Waals surface area contributed by atoms with Crippen molar-refractivity contribution in [2.75, 3.05) is 13.2 Å². The average Bonchev–Trinajstić information content (AvgIpc) is 3.28. The van der Waals surface area contributed by atoms with E-state index in [0.717, 1.165) is 57.8 Å². The van der Waals surface area contributed by atoms with Gasteiger partial charge in [0.2, 0.25) is 0 Å². The van der Waals surface area contributed by atoms with Crippen LogP contribution in [0.5, 0.6) is 0 Å². The second-order valence-corrected chi connectivity index (χ2v) is 19.2. The Balaban J connectivity index is 4.21. The van der Waals surface area contributed by atoms with E-state index in [9.17, 15) is 14.4 Å². The lowest BCUT2D eigenvalue weighted by molar-refractivity contribution is -0.167. The third-order valence-corrected chi connectivity index (χ3v) is 12.8. The van der Waals surface area contributed by atoms with Crippen LogP contribution in [0.2, 0.25) is 0 Å². The summed E-state index contributed by atoms with van der Waals surface area (Å²) < 4.78 is 16.8. The Bertz CT molecular complexity index is 978. The first-order chi connectivity index (χ1) is 31.0. The van der Waals surface area contributed by atoms with Crippen molar-refractivity contribution in [2.45, 2.75) is 322 Å². The Kier molecular flexibility index (Phi) is 51.2. The van der Waals surface area contributed by atoms with E-state index in [1.807, 2.05) is 0 Å². The molecule has 1 atom stereocenters. The van der Waals surface area contributed by atoms with E-state index in [-0.39, 0.29) is 31.1 Å². The molecule has 0 saturated heterocycles. The Morgan fingerprint density at radius 1 is 0.302 bits per heavy atom. The van der Waals surface area contributed by atoms with Gasteiger partial charge in [0.25, 0.3) is 0 Å². The molecule has 1 unspecified atom stereocenters. The molecule has 63 heavy (non-hydrogen) atoms. The molecule has 0 heterocycles. The zero-order valence-electron chi connectivity index (χ0n) is 42.6. The fraction of sp³-hybridized carbons (Fsp3) is 0.912. The minimum absolute atomic E-state index is 0.0653. The zero-order chi connectivity index (χ0) is 45.8. The first-order valence-electron chi connectivity index (χ1n) is 28.2. The van der Waals surface area contributed by atoms with Gasteiger partial charge in [-0.1, -0.05) is 264 Å². The van der Waals surface area contributed by atoms with Gasteiger partial charge in [0.15, 0.2) is 6.10 Å². The van der Waals surface area contributed by atoms with Crippen LogP contribution in [0, 0.1) is 0 Å². The molecule has 0 amide bonds. The van der Waals surface area contributed by atoms with Crippen molar-refractivity contribution in [1.82, 2.24) is 0 Å². The fourth-order valence-corrected chi connectivity index (χ4v) is 8.50. The number of ether oxygens (including phenoxy) is 3. The second kappa shape index (κ2) is 52.8. The number of hydrogen-bond donors (Lipinski definition) is 0. The topological polar surface area (TPSA) is 78.9 Å². The van der Waals surface area contributed by atoms with Crippen molar-refractivity contribution in [3.05, 3.63) is 12.2 Å². The van der Waals surface area contributed by atoms with Gasteiger partial charge in [-0.3, -0.25) is 14.4 Å². The van der Waals surface area contributed by atoms with Crippen LogP contribution in [0.1, 0.15) is 316 Å². The largest absolute Gasteiger partial charge is 0.462 e. The highest BCUT2D eigenvalue weighted by atomic mass is 16.6. The van der Waals surface area contributed by atoms with Crippen LogP contribution >= 0.6 is 0 Å². The lowest BCUT2D eigenvalue weighted by Gasteiger charge is -2.18. The van der Waals surface area contributed by atoms with E-state index in [1.165, 1.54) is 218 Å². The van der Waals surface area contributed by atoms with Crippen LogP contribution in [-0.2, 0) is 28.6 Å². The lowest BCUT2D eigenvalue weighted by Crippen LogP contribution is -2.30. The van der Waals surface area contributed by atoms with Crippen molar-refractivity contribution < 1.29 is 28.6 Å². The predicted octanol–water partition coefficient (Wildman–Crippen LogP) is 18.5. The normalized spacial score (nSPS) is 12.0. The van der Waals surface area contributed by atoms with Gasteiger partial charge in [0, 0.05) is 19.3 Å². The number of esters is 3. The van der Waals surface area contributed by atoms with Crippen LogP contribution < -0.4 is 0 Å². The molecule has 0 aliphatic carbocycles. The van der Waals surface area contributed by atoms with Crippen molar-refractivity contribution in [3.8, 4) is 0 Å². The molecular formula is C57H108O6. The minimum atomic E-state index is -0.763. The average molecular weight is 889 g/mol. The third-order valence-electron chi connectivity index (χ3n) is 12.8. The molecule has 0 radical (unpaired) electrons. The van der Waals surface area contributed by atoms with Gasteiger partial charge < -0.3 is 14.2 Å². The first kappa shape index (κ1) is 61.1. The number of allylic oxidation sites excluding steroid dienone is 2. The zero-order valence-corrected chi connectivity index (χ0v) is 42.6. The van der Waals surface area contributed by atoms with E-state index < -0.39 is 6.10 Å². The molecule has 0 aromatic rings. The van der Waals surface area contributed by atoms with E-state index >= 15 is 0 Å². The lowest BCUT2D eigenvalue weighted by atomic mass is 10.0. The molecule has 0 spiro atoms. The van der Waals surface area contributed by atoms with Crippen LogP contribution in [0.4, 0.5) is 0 Å². The van der Waals surface area contributed by atoms with E-state index in [4.69, 9.17) is 14.2 Å². The molecule has 0 rings (SSSR count). The molecule has 0 bridgehead atoms. The molecule has 0 saturated carbocycles. The summed E-state index contributed by atoms with van der Waals surface area (Å²) in [6, 6.07) is 0. The minimum Gasteiger partial charge on any atom is -0.462 e. The summed E-state index contributed by atoms with van der Waals surface area (Å²) in [6.07, 6.45) is 59.2. The molecule has 0 aliphatic rings. The van der Waals surface area contributed by atoms with Gasteiger partial charge in [-0.2, -0.15) is 0 Å². The van der Waals surface area contributed by atoms with Gasteiger partial charge in [-0.25, -0.2) is 0 Å². The van der Waals surface area contributed by atoms with Gasteiger partial charge >= 0.3 is 17.9 Å². The van der Waals surface area contributed by atoms with Crippen LogP contribution in [-0.4, -0.2) is 37.2 Å². The highest BCUT2D eigenvalue weighted by Gasteiger charge is 2.19. The molecule has 0 aromatic heterocycles. The maximum Gasteiger partial charge on any atom is 0.306 e. The standard InChI is InChI=1S/C57H108O6/c1-4-7-10-13-16-19-21-23-25-26-27-28-29-30-32-33-35-38-41-44-47-50-56(59)62-53-54(52-61-55(58)49-46-43-40-37-18-15-12-9-6-3)63-57(60)51-48-45-42-39-36-34-31-24-22-20-17-14-11-8-5-2/h26-27,54H,4-25,28-53H2,1-3H3/b27-26-. The Morgan fingerprint density at radius 2 is 0.524 bits per heavy atom. The van der Waals surface area contributed by atoms with Gasteiger partial charge in [0.1, 0.15) is 13.2 Å². The number of carbonyl (C=O) groups is 3. The second-order valence-electron chi connectivity index (χ2n) is 19.2. The van der Waals surface area contributed by atoms with Gasteiger partial charge in [-0.05, 0) is 44.9 Å². The maximum atomic E-state index is 12.8. The predicted molar refractivity (Wildman–Crippen MR) is 270 cm³/mol. The molecule has 0 fully saturated rings. The van der Waals surface area contributed by atoms with Gasteiger partial charge in [0.05, 0.1) is 0 Å². The van der Waals surface area contributed by atoms with Crippen LogP contribution in [0.3, 0.4) is 0 Å². The number of rotatable bonds is 52. The highest BCUT2D eigenvalue weighted by Crippen LogP contribution is 2.17. The smallest absolute Gasteiger partial charge is 0.306 e. The van der Waals surface area contributed by atoms with Crippen LogP contribution in [0.25, 0.3) is 0 Å². The quantitative estimate of drug-likeness (QED) is 0.0262. The molecule has 6 heteroatoms. The summed E-state index contributed by atoms with van der Waals surface area (Å²) in [5.74, 6) is -0.849. The SMILES string of the molecule is CCCCCCCCCC/C=C\CCCCCCCCCCCC(=O)OCC(COC(=O)CCCCCCCCCCC)OC(=O)CCCCCCCCCCCCCCCCC. The molecule has 372 valence electrons. The summed E-state index contributed by atoms with van der Waals surface area (Å²) in [4.78, 5) is 38.0. The number of carbonyl (C=O) groups excluding carboxylic acids is 3. The Morgan fingerprint density at radius 3 is 0.794 bits per heavy atom. The van der Waals surface area contributed by atoms with Crippen molar-refractivity contribution in [3.63, 3.8) is 0 Å². The van der Waals surface area contributed by atoms with E-state index in [1.54, 1.807) is 0 Å². The molecule has 0 aromatic carbocycles. The molecule has 0 N–H and O–H groups in total. The summed E-state index contributed by atoms with van der Waals surface area (Å²) in [5, 5.41) is 0. The van der Waals surface area contributed by atoms with Crippen LogP contribution in [0.15, 0.2) is 12.2 Å². The van der Waals surface area contributed by atoms with Crippen molar-refractivity contribution in [1.29, 1.82) is 0 Å². The number of unbranched alkanes of at least 4 members (excludes halogenated alkanes) is 39. The summed E-state index contributed by atoms with van der Waals surface area (Å²) >= 11 is 0. The maximum absolute atomic E-state index is 12.8. The first-order valence-corrected chi connectivity index (χ1v) is 28.2. The Labute approximate surface area is 392 Å². The van der Waals surface area contributed by atoms with Crippen molar-refractivity contribution >= 4 is 17.9 Å². The number of hydrogen-bond acceptors (Lipinski definition) is 6. The van der Waals surface area contributed by atoms with Gasteiger partial charge in [-0.15, -0.1) is 0 Å². The molecular weight excluding hydrogens is 781 g/mol. The third kappa shape index (κ3) is 51.0. The van der Waals surface area contributed by atoms with E-state index in [2.05, 4.69) is 32.9 Å². The van der Waals surface area contributed by atoms with Crippen molar-refractivity contribution in [2.24, 2.45) is 0 Å². The summed E-state index contributed by atoms with van der Waals surface area (Å²) in [7, 11) is 0. The summed E-state index contributed by atoms with van der Waals surface area (Å²) in [5.41, 5.74) is 0. The summed E-state index contributed by atoms with van der Waals surface area (Å²) in [6.45, 7) is 6.67. The Hall–Kier alpha value is -1.85. The molecule has 6 nitrogen and oxygen atoms in total. The highest BCUT2D eigenvalue weighted by molar-refractivity contribution is 5.71. The fourth-order valence-electron chi connectivity index (χ4n) is 8.50. The van der Waals surface area contributed by atoms with E-state index in [0.29, 0.717) is 19.3 Å². The monoisotopic (exact) mass is 889 g/mol.